The van der Waals surface area contributed by atoms with E-state index in [0.717, 1.165) is 16.5 Å². The lowest BCUT2D eigenvalue weighted by Crippen LogP contribution is -2.11. The highest BCUT2D eigenvalue weighted by molar-refractivity contribution is 9.10. The quantitative estimate of drug-likeness (QED) is 0.630. The molecule has 1 aromatic carbocycles. The highest BCUT2D eigenvalue weighted by Crippen LogP contribution is 2.30. The monoisotopic (exact) mass is 366 g/mol. The Hall–Kier alpha value is -1.53. The molecule has 6 heteroatoms. The molecule has 0 amide bonds. The smallest absolute Gasteiger partial charge is 0.222 e. The van der Waals surface area contributed by atoms with Crippen molar-refractivity contribution in [2.45, 2.75) is 19.9 Å². The van der Waals surface area contributed by atoms with Crippen molar-refractivity contribution >= 4 is 43.1 Å². The number of nitrogens with zero attached hydrogens (tertiary/aromatic N) is 2. The van der Waals surface area contributed by atoms with Crippen molar-refractivity contribution in [2.75, 3.05) is 0 Å². The Balaban J connectivity index is 2.06. The number of aryl methyl sites for hydroxylation is 1. The van der Waals surface area contributed by atoms with Gasteiger partial charge < -0.3 is 0 Å². The van der Waals surface area contributed by atoms with Crippen LogP contribution in [0.1, 0.15) is 28.7 Å². The van der Waals surface area contributed by atoms with E-state index >= 15 is 0 Å². The molecule has 3 aromatic rings. The first-order valence-corrected chi connectivity index (χ1v) is 8.16. The third-order valence-corrected chi connectivity index (χ3v) is 4.83. The highest BCUT2D eigenvalue weighted by Gasteiger charge is 2.20. The van der Waals surface area contributed by atoms with Gasteiger partial charge in [0.25, 0.3) is 0 Å². The van der Waals surface area contributed by atoms with Crippen molar-refractivity contribution in [1.82, 2.24) is 9.78 Å². The molecule has 0 atom stereocenters. The first-order valence-electron chi connectivity index (χ1n) is 6.55. The molecular weight excluding hydrogens is 355 g/mol. The minimum atomic E-state index is -0.291. The summed E-state index contributed by atoms with van der Waals surface area (Å²) in [5, 5.41) is 5.09. The second-order valence-electron chi connectivity index (χ2n) is 4.69. The topological polar surface area (TPSA) is 34.9 Å². The molecule has 2 heterocycles. The van der Waals surface area contributed by atoms with Gasteiger partial charge in [0.05, 0.1) is 15.5 Å². The molecule has 3 rings (SSSR count). The molecule has 21 heavy (non-hydrogen) atoms. The number of ketones is 1. The van der Waals surface area contributed by atoms with Gasteiger partial charge in [-0.2, -0.15) is 5.10 Å². The predicted octanol–water partition coefficient (Wildman–Crippen LogP) is 4.64. The highest BCUT2D eigenvalue weighted by atomic mass is 79.9. The van der Waals surface area contributed by atoms with Crippen LogP contribution in [-0.2, 0) is 6.54 Å². The van der Waals surface area contributed by atoms with Gasteiger partial charge in [-0.25, -0.2) is 4.39 Å². The van der Waals surface area contributed by atoms with E-state index in [9.17, 15) is 9.18 Å². The summed E-state index contributed by atoms with van der Waals surface area (Å²) in [6.45, 7) is 2.72. The van der Waals surface area contributed by atoms with Gasteiger partial charge in [-0.1, -0.05) is 13.0 Å². The van der Waals surface area contributed by atoms with Crippen LogP contribution in [0.25, 0.3) is 10.1 Å². The van der Waals surface area contributed by atoms with Gasteiger partial charge in [0, 0.05) is 11.2 Å². The molecule has 2 aromatic heterocycles. The number of benzene rings is 1. The van der Waals surface area contributed by atoms with Gasteiger partial charge in [0.1, 0.15) is 11.5 Å². The number of rotatable bonds is 4. The first kappa shape index (κ1) is 14.4. The molecule has 0 aliphatic heterocycles. The molecule has 0 saturated heterocycles. The zero-order valence-corrected chi connectivity index (χ0v) is 13.7. The molecule has 0 saturated carbocycles. The SMILES string of the molecule is CCCn1ncc(Br)c1C(=O)c1cc2ccc(F)cc2s1. The van der Waals surface area contributed by atoms with E-state index in [0.29, 0.717) is 21.6 Å². The van der Waals surface area contributed by atoms with Crippen LogP contribution < -0.4 is 0 Å². The molecule has 0 bridgehead atoms. The van der Waals surface area contributed by atoms with Gasteiger partial charge in [-0.3, -0.25) is 9.48 Å². The van der Waals surface area contributed by atoms with Crippen LogP contribution in [-0.4, -0.2) is 15.6 Å². The Bertz CT molecular complexity index is 824. The number of halogens is 2. The fourth-order valence-corrected chi connectivity index (χ4v) is 3.71. The van der Waals surface area contributed by atoms with E-state index in [4.69, 9.17) is 0 Å². The van der Waals surface area contributed by atoms with E-state index in [-0.39, 0.29) is 11.6 Å². The van der Waals surface area contributed by atoms with Crippen molar-refractivity contribution < 1.29 is 9.18 Å². The zero-order valence-electron chi connectivity index (χ0n) is 11.3. The van der Waals surface area contributed by atoms with Crippen LogP contribution in [0.3, 0.4) is 0 Å². The molecule has 0 fully saturated rings. The molecule has 0 radical (unpaired) electrons. The Morgan fingerprint density at radius 1 is 1.43 bits per heavy atom. The van der Waals surface area contributed by atoms with Crippen LogP contribution in [0, 0.1) is 5.82 Å². The van der Waals surface area contributed by atoms with Crippen LogP contribution in [0.5, 0.6) is 0 Å². The number of carbonyl (C=O) groups is 1. The fraction of sp³-hybridized carbons (Fsp3) is 0.200. The summed E-state index contributed by atoms with van der Waals surface area (Å²) in [5.74, 6) is -0.380. The van der Waals surface area contributed by atoms with Crippen LogP contribution >= 0.6 is 27.3 Å². The maximum Gasteiger partial charge on any atom is 0.222 e. The Labute approximate surface area is 133 Å². The molecule has 0 aliphatic rings. The lowest BCUT2D eigenvalue weighted by molar-refractivity contribution is 0.103. The lowest BCUT2D eigenvalue weighted by atomic mass is 10.2. The normalized spacial score (nSPS) is 11.2. The molecule has 0 spiro atoms. The largest absolute Gasteiger partial charge is 0.286 e. The lowest BCUT2D eigenvalue weighted by Gasteiger charge is -2.04. The summed E-state index contributed by atoms with van der Waals surface area (Å²) in [6, 6.07) is 6.35. The summed E-state index contributed by atoms with van der Waals surface area (Å²) < 4.78 is 16.4. The van der Waals surface area contributed by atoms with Crippen LogP contribution in [0.4, 0.5) is 4.39 Å². The third kappa shape index (κ3) is 2.65. The summed E-state index contributed by atoms with van der Waals surface area (Å²) in [4.78, 5) is 13.3. The van der Waals surface area contributed by atoms with Crippen molar-refractivity contribution in [3.63, 3.8) is 0 Å². The number of hydrogen-bond donors (Lipinski definition) is 0. The van der Waals surface area contributed by atoms with Crippen molar-refractivity contribution in [2.24, 2.45) is 0 Å². The second-order valence-corrected chi connectivity index (χ2v) is 6.62. The van der Waals surface area contributed by atoms with Crippen molar-refractivity contribution in [1.29, 1.82) is 0 Å². The van der Waals surface area contributed by atoms with Crippen LogP contribution in [0.15, 0.2) is 34.9 Å². The minimum absolute atomic E-state index is 0.0885. The number of carbonyl (C=O) groups excluding carboxylic acids is 1. The van der Waals surface area contributed by atoms with Gasteiger partial charge >= 0.3 is 0 Å². The standard InChI is InChI=1S/C15H12BrFN2OS/c1-2-5-19-14(11(16)8-18-19)15(20)13-6-9-3-4-10(17)7-12(9)21-13/h3-4,6-8H,2,5H2,1H3. The van der Waals surface area contributed by atoms with E-state index in [1.807, 2.05) is 6.92 Å². The second kappa shape index (κ2) is 5.69. The average Bonchev–Trinajstić information content (AvgIpc) is 3.02. The molecule has 0 aliphatic carbocycles. The average molecular weight is 367 g/mol. The summed E-state index contributed by atoms with van der Waals surface area (Å²) in [6.07, 6.45) is 2.53. The number of fused-ring (bicyclic) bond motifs is 1. The maximum atomic E-state index is 13.2. The Morgan fingerprint density at radius 3 is 3.00 bits per heavy atom. The summed E-state index contributed by atoms with van der Waals surface area (Å²) >= 11 is 4.68. The maximum absolute atomic E-state index is 13.2. The molecule has 0 unspecified atom stereocenters. The van der Waals surface area contributed by atoms with Gasteiger partial charge in [0.15, 0.2) is 0 Å². The predicted molar refractivity (Wildman–Crippen MR) is 85.4 cm³/mol. The summed E-state index contributed by atoms with van der Waals surface area (Å²) in [7, 11) is 0. The van der Waals surface area contributed by atoms with Crippen LogP contribution in [0.2, 0.25) is 0 Å². The van der Waals surface area contributed by atoms with Gasteiger partial charge in [-0.05, 0) is 45.9 Å². The van der Waals surface area contributed by atoms with Crippen molar-refractivity contribution in [3.8, 4) is 0 Å². The van der Waals surface area contributed by atoms with E-state index < -0.39 is 0 Å². The molecular formula is C15H12BrFN2OS. The summed E-state index contributed by atoms with van der Waals surface area (Å²) in [5.41, 5.74) is 0.545. The van der Waals surface area contributed by atoms with E-state index in [2.05, 4.69) is 21.0 Å². The van der Waals surface area contributed by atoms with E-state index in [1.165, 1.54) is 23.5 Å². The molecule has 3 nitrogen and oxygen atoms in total. The fourth-order valence-electron chi connectivity index (χ4n) is 2.20. The molecule has 0 N–H and O–H groups in total. The van der Waals surface area contributed by atoms with Gasteiger partial charge in [-0.15, -0.1) is 11.3 Å². The Morgan fingerprint density at radius 2 is 2.24 bits per heavy atom. The third-order valence-electron chi connectivity index (χ3n) is 3.15. The minimum Gasteiger partial charge on any atom is -0.286 e. The number of aromatic nitrogens is 2. The zero-order chi connectivity index (χ0) is 15.0. The Kier molecular flexibility index (Phi) is 3.91. The van der Waals surface area contributed by atoms with E-state index in [1.54, 1.807) is 23.0 Å². The van der Waals surface area contributed by atoms with Crippen molar-refractivity contribution in [3.05, 3.63) is 51.3 Å². The number of hydrogen-bond acceptors (Lipinski definition) is 3. The van der Waals surface area contributed by atoms with Gasteiger partial charge in [0.2, 0.25) is 5.78 Å². The molecule has 108 valence electrons. The number of thiophene rings is 1. The first-order chi connectivity index (χ1) is 10.1.